The fraction of sp³-hybridized carbons (Fsp3) is 0.375. The minimum Gasteiger partial charge on any atom is -0.508 e. The molecule has 0 aliphatic carbocycles. The lowest BCUT2D eigenvalue weighted by atomic mass is 10.0. The fourth-order valence-corrected chi connectivity index (χ4v) is 3.22. The summed E-state index contributed by atoms with van der Waals surface area (Å²) in [6.45, 7) is 4.58. The molecule has 10 nitrogen and oxygen atoms in total. The van der Waals surface area contributed by atoms with Gasteiger partial charge in [0.25, 0.3) is 0 Å². The van der Waals surface area contributed by atoms with Crippen LogP contribution in [0.15, 0.2) is 54.6 Å². The molecule has 34 heavy (non-hydrogen) atoms. The van der Waals surface area contributed by atoms with Gasteiger partial charge in [0.1, 0.15) is 5.75 Å². The maximum Gasteiger partial charge on any atom is 0.315 e. The number of aromatic hydroxyl groups is 1. The van der Waals surface area contributed by atoms with E-state index in [0.717, 1.165) is 11.1 Å². The third kappa shape index (κ3) is 10.1. The third-order valence-electron chi connectivity index (χ3n) is 5.17. The Hall–Kier alpha value is -3.95. The Morgan fingerprint density at radius 3 is 2.09 bits per heavy atom. The van der Waals surface area contributed by atoms with Gasteiger partial charge < -0.3 is 37.4 Å². The standard InChI is InChI=1S/C24H34N6O4/c1-16(2)21(30-22(25)32)15-28-24(34)29-19(12-17-8-10-20(31)11-9-17)14-27-23(33)26-13-18-6-4-3-5-7-18/h3-11,16,19,21,31H,12-15H2,1-2H3,(H3,25,30,32)(H2,26,27,33)(H2,28,29,34)/t19-,21?/m0/s1. The number of phenolic OH excluding ortho intramolecular Hbond substituents is 1. The van der Waals surface area contributed by atoms with E-state index < -0.39 is 18.1 Å². The summed E-state index contributed by atoms with van der Waals surface area (Å²) in [6, 6.07) is 14.0. The first kappa shape index (κ1) is 26.3. The van der Waals surface area contributed by atoms with E-state index in [1.165, 1.54) is 0 Å². The van der Waals surface area contributed by atoms with Crippen LogP contribution in [-0.2, 0) is 13.0 Å². The molecule has 2 aromatic carbocycles. The molecule has 0 fully saturated rings. The van der Waals surface area contributed by atoms with Crippen molar-refractivity contribution < 1.29 is 19.5 Å². The van der Waals surface area contributed by atoms with Crippen molar-refractivity contribution in [1.82, 2.24) is 26.6 Å². The molecule has 1 unspecified atom stereocenters. The molecule has 0 aromatic heterocycles. The lowest BCUT2D eigenvalue weighted by molar-refractivity contribution is 0.227. The van der Waals surface area contributed by atoms with Crippen LogP contribution in [0, 0.1) is 5.92 Å². The smallest absolute Gasteiger partial charge is 0.315 e. The van der Waals surface area contributed by atoms with Crippen molar-refractivity contribution in [3.8, 4) is 5.75 Å². The van der Waals surface area contributed by atoms with Gasteiger partial charge in [0, 0.05) is 19.6 Å². The lowest BCUT2D eigenvalue weighted by Gasteiger charge is -2.24. The molecule has 0 bridgehead atoms. The van der Waals surface area contributed by atoms with Gasteiger partial charge in [0.2, 0.25) is 0 Å². The Morgan fingerprint density at radius 2 is 1.47 bits per heavy atom. The van der Waals surface area contributed by atoms with Crippen LogP contribution < -0.4 is 32.3 Å². The van der Waals surface area contributed by atoms with Crippen LogP contribution in [0.1, 0.15) is 25.0 Å². The SMILES string of the molecule is CC(C)C(CNC(=O)N[C@H](CNC(=O)NCc1ccccc1)Cc1ccc(O)cc1)NC(N)=O. The first-order valence-corrected chi connectivity index (χ1v) is 11.2. The highest BCUT2D eigenvalue weighted by atomic mass is 16.3. The molecule has 0 radical (unpaired) electrons. The van der Waals surface area contributed by atoms with Crippen LogP contribution in [0.2, 0.25) is 0 Å². The number of nitrogens with two attached hydrogens (primary N) is 1. The minimum atomic E-state index is -0.656. The fourth-order valence-electron chi connectivity index (χ4n) is 3.22. The molecule has 0 heterocycles. The van der Waals surface area contributed by atoms with E-state index in [1.807, 2.05) is 44.2 Å². The zero-order valence-corrected chi connectivity index (χ0v) is 19.5. The predicted octanol–water partition coefficient (Wildman–Crippen LogP) is 1.79. The number of benzene rings is 2. The molecule has 0 aliphatic rings. The van der Waals surface area contributed by atoms with Crippen molar-refractivity contribution in [2.75, 3.05) is 13.1 Å². The first-order chi connectivity index (χ1) is 16.2. The number of hydrogen-bond donors (Lipinski definition) is 7. The topological polar surface area (TPSA) is 158 Å². The molecule has 6 amide bonds. The minimum absolute atomic E-state index is 0.0653. The van der Waals surface area contributed by atoms with Crippen molar-refractivity contribution in [3.05, 3.63) is 65.7 Å². The van der Waals surface area contributed by atoms with Gasteiger partial charge in [-0.15, -0.1) is 0 Å². The van der Waals surface area contributed by atoms with Crippen molar-refractivity contribution in [2.24, 2.45) is 11.7 Å². The monoisotopic (exact) mass is 470 g/mol. The van der Waals surface area contributed by atoms with Crippen LogP contribution in [0.4, 0.5) is 14.4 Å². The molecule has 0 spiro atoms. The van der Waals surface area contributed by atoms with Crippen LogP contribution in [0.25, 0.3) is 0 Å². The van der Waals surface area contributed by atoms with Gasteiger partial charge in [-0.05, 0) is 35.6 Å². The highest BCUT2D eigenvalue weighted by Crippen LogP contribution is 2.11. The van der Waals surface area contributed by atoms with E-state index in [2.05, 4.69) is 26.6 Å². The van der Waals surface area contributed by atoms with Crippen molar-refractivity contribution in [1.29, 1.82) is 0 Å². The highest BCUT2D eigenvalue weighted by Gasteiger charge is 2.18. The van der Waals surface area contributed by atoms with Gasteiger partial charge in [0.05, 0.1) is 12.1 Å². The Bertz CT molecular complexity index is 921. The number of primary amides is 1. The quantitative estimate of drug-likeness (QED) is 0.267. The van der Waals surface area contributed by atoms with Gasteiger partial charge in [-0.25, -0.2) is 14.4 Å². The zero-order valence-electron chi connectivity index (χ0n) is 19.5. The molecule has 10 heteroatoms. The van der Waals surface area contributed by atoms with Gasteiger partial charge in [-0.2, -0.15) is 0 Å². The second kappa shape index (κ2) is 13.6. The first-order valence-electron chi connectivity index (χ1n) is 11.2. The van der Waals surface area contributed by atoms with Crippen molar-refractivity contribution in [2.45, 2.75) is 38.9 Å². The summed E-state index contributed by atoms with van der Waals surface area (Å²) in [6.07, 6.45) is 0.430. The van der Waals surface area contributed by atoms with Crippen molar-refractivity contribution >= 4 is 18.1 Å². The summed E-state index contributed by atoms with van der Waals surface area (Å²) < 4.78 is 0. The maximum absolute atomic E-state index is 12.5. The molecule has 0 saturated carbocycles. The summed E-state index contributed by atoms with van der Waals surface area (Å²) in [7, 11) is 0. The summed E-state index contributed by atoms with van der Waals surface area (Å²) in [5.41, 5.74) is 7.05. The Balaban J connectivity index is 1.92. The molecule has 0 saturated heterocycles. The van der Waals surface area contributed by atoms with Gasteiger partial charge >= 0.3 is 18.1 Å². The van der Waals surface area contributed by atoms with Crippen molar-refractivity contribution in [3.63, 3.8) is 0 Å². The normalized spacial score (nSPS) is 12.3. The molecule has 184 valence electrons. The van der Waals surface area contributed by atoms with Crippen LogP contribution in [-0.4, -0.2) is 48.4 Å². The number of carbonyl (C=O) groups excluding carboxylic acids is 3. The number of rotatable bonds is 11. The molecular formula is C24H34N6O4. The zero-order chi connectivity index (χ0) is 24.9. The Kier molecular flexibility index (Phi) is 10.5. The number of carbonyl (C=O) groups is 3. The molecule has 2 aromatic rings. The van der Waals surface area contributed by atoms with E-state index in [1.54, 1.807) is 24.3 Å². The van der Waals surface area contributed by atoms with Crippen LogP contribution in [0.3, 0.4) is 0 Å². The Labute approximate surface area is 199 Å². The largest absolute Gasteiger partial charge is 0.508 e. The number of amides is 6. The summed E-state index contributed by atoms with van der Waals surface area (Å²) in [4.78, 5) is 36.0. The molecule has 2 atom stereocenters. The summed E-state index contributed by atoms with van der Waals surface area (Å²) in [5.74, 6) is 0.210. The van der Waals surface area contributed by atoms with Gasteiger partial charge in [-0.1, -0.05) is 56.3 Å². The highest BCUT2D eigenvalue weighted by molar-refractivity contribution is 5.76. The summed E-state index contributed by atoms with van der Waals surface area (Å²) >= 11 is 0. The summed E-state index contributed by atoms with van der Waals surface area (Å²) in [5, 5.41) is 23.3. The third-order valence-corrected chi connectivity index (χ3v) is 5.17. The number of nitrogens with one attached hydrogen (secondary N) is 5. The maximum atomic E-state index is 12.5. The van der Waals surface area contributed by atoms with Crippen LogP contribution >= 0.6 is 0 Å². The molecule has 2 rings (SSSR count). The van der Waals surface area contributed by atoms with E-state index >= 15 is 0 Å². The van der Waals surface area contributed by atoms with Gasteiger partial charge in [-0.3, -0.25) is 0 Å². The molecule has 8 N–H and O–H groups in total. The molecular weight excluding hydrogens is 436 g/mol. The number of phenols is 1. The van der Waals surface area contributed by atoms with E-state index in [9.17, 15) is 19.5 Å². The molecule has 0 aliphatic heterocycles. The van der Waals surface area contributed by atoms with E-state index in [4.69, 9.17) is 5.73 Å². The van der Waals surface area contributed by atoms with Crippen LogP contribution in [0.5, 0.6) is 5.75 Å². The Morgan fingerprint density at radius 1 is 0.824 bits per heavy atom. The van der Waals surface area contributed by atoms with Gasteiger partial charge in [0.15, 0.2) is 0 Å². The van der Waals surface area contributed by atoms with E-state index in [-0.39, 0.29) is 36.8 Å². The average molecular weight is 471 g/mol. The second-order valence-electron chi connectivity index (χ2n) is 8.33. The van der Waals surface area contributed by atoms with E-state index in [0.29, 0.717) is 13.0 Å². The average Bonchev–Trinajstić information content (AvgIpc) is 2.80. The second-order valence-corrected chi connectivity index (χ2v) is 8.33. The lowest BCUT2D eigenvalue weighted by Crippen LogP contribution is -2.53. The number of urea groups is 3. The number of hydrogen-bond acceptors (Lipinski definition) is 4. The predicted molar refractivity (Wildman–Crippen MR) is 130 cm³/mol.